The van der Waals surface area contributed by atoms with Crippen molar-refractivity contribution in [1.29, 1.82) is 0 Å². The lowest BCUT2D eigenvalue weighted by Crippen LogP contribution is -2.03. The molecule has 0 atom stereocenters. The summed E-state index contributed by atoms with van der Waals surface area (Å²) in [5.74, 6) is -0.988. The molecule has 0 amide bonds. The molecule has 0 unspecified atom stereocenters. The number of pyridine rings is 1. The summed E-state index contributed by atoms with van der Waals surface area (Å²) in [6.45, 7) is 0. The molecule has 1 aromatic carbocycles. The average molecular weight is 250 g/mol. The van der Waals surface area contributed by atoms with Crippen LogP contribution in [-0.2, 0) is 11.2 Å². The van der Waals surface area contributed by atoms with Gasteiger partial charge in [0.25, 0.3) is 0 Å². The fourth-order valence-corrected chi connectivity index (χ4v) is 1.84. The van der Waals surface area contributed by atoms with Crippen LogP contribution in [0.5, 0.6) is 0 Å². The summed E-state index contributed by atoms with van der Waals surface area (Å²) in [4.78, 5) is 25.5. The summed E-state index contributed by atoms with van der Waals surface area (Å²) >= 11 is 5.95. The maximum Gasteiger partial charge on any atom is 0.307 e. The highest BCUT2D eigenvalue weighted by atomic mass is 35.5. The third kappa shape index (κ3) is 2.26. The Labute approximate surface area is 102 Å². The van der Waals surface area contributed by atoms with Crippen LogP contribution in [0.3, 0.4) is 0 Å². The molecule has 17 heavy (non-hydrogen) atoms. The average Bonchev–Trinajstić information content (AvgIpc) is 2.32. The van der Waals surface area contributed by atoms with Crippen molar-refractivity contribution in [1.82, 2.24) is 4.98 Å². The summed E-state index contributed by atoms with van der Waals surface area (Å²) in [6.07, 6.45) is 0.399. The van der Waals surface area contributed by atoms with E-state index in [4.69, 9.17) is 16.7 Å². The van der Waals surface area contributed by atoms with Crippen molar-refractivity contribution in [2.75, 3.05) is 0 Å². The minimum Gasteiger partial charge on any atom is -0.481 e. The molecule has 1 N–H and O–H groups in total. The number of nitrogens with zero attached hydrogens (tertiary/aromatic N) is 1. The van der Waals surface area contributed by atoms with Gasteiger partial charge in [0.2, 0.25) is 0 Å². The summed E-state index contributed by atoms with van der Waals surface area (Å²) < 4.78 is 0. The van der Waals surface area contributed by atoms with Gasteiger partial charge in [0, 0.05) is 16.0 Å². The number of hydrogen-bond donors (Lipinski definition) is 1. The van der Waals surface area contributed by atoms with Crippen molar-refractivity contribution in [2.45, 2.75) is 6.42 Å². The van der Waals surface area contributed by atoms with Gasteiger partial charge in [0.1, 0.15) is 5.69 Å². The molecule has 0 aliphatic carbocycles. The van der Waals surface area contributed by atoms with Crippen LogP contribution in [0.25, 0.3) is 10.9 Å². The van der Waals surface area contributed by atoms with E-state index in [0.717, 1.165) is 5.39 Å². The molecule has 0 fully saturated rings. The minimum absolute atomic E-state index is 0.217. The normalized spacial score (nSPS) is 10.4. The van der Waals surface area contributed by atoms with Gasteiger partial charge >= 0.3 is 5.97 Å². The van der Waals surface area contributed by atoms with Crippen molar-refractivity contribution in [3.63, 3.8) is 0 Å². The second-order valence-electron chi connectivity index (χ2n) is 3.52. The van der Waals surface area contributed by atoms with Gasteiger partial charge in [0.15, 0.2) is 6.29 Å². The van der Waals surface area contributed by atoms with Crippen molar-refractivity contribution in [3.8, 4) is 0 Å². The van der Waals surface area contributed by atoms with E-state index in [0.29, 0.717) is 22.4 Å². The predicted molar refractivity (Wildman–Crippen MR) is 63.5 cm³/mol. The zero-order valence-corrected chi connectivity index (χ0v) is 9.44. The lowest BCUT2D eigenvalue weighted by Gasteiger charge is -2.06. The molecular weight excluding hydrogens is 242 g/mol. The molecule has 0 saturated heterocycles. The van der Waals surface area contributed by atoms with Crippen LogP contribution >= 0.6 is 11.6 Å². The smallest absolute Gasteiger partial charge is 0.307 e. The third-order valence-electron chi connectivity index (χ3n) is 2.38. The van der Waals surface area contributed by atoms with E-state index >= 15 is 0 Å². The molecule has 2 aromatic rings. The van der Waals surface area contributed by atoms with E-state index in [9.17, 15) is 9.59 Å². The van der Waals surface area contributed by atoms with Gasteiger partial charge in [0.05, 0.1) is 11.9 Å². The largest absolute Gasteiger partial charge is 0.481 e. The molecule has 1 aromatic heterocycles. The van der Waals surface area contributed by atoms with Gasteiger partial charge in [-0.1, -0.05) is 23.7 Å². The number of hydrogen-bond acceptors (Lipinski definition) is 3. The van der Waals surface area contributed by atoms with Crippen LogP contribution in [0.1, 0.15) is 16.1 Å². The first-order chi connectivity index (χ1) is 8.11. The number of carboxylic acids is 1. The summed E-state index contributed by atoms with van der Waals surface area (Å²) in [6, 6.07) is 6.66. The quantitative estimate of drug-likeness (QED) is 0.848. The van der Waals surface area contributed by atoms with Gasteiger partial charge in [-0.05, 0) is 12.1 Å². The Bertz CT molecular complexity index is 610. The van der Waals surface area contributed by atoms with Crippen molar-refractivity contribution in [2.24, 2.45) is 0 Å². The van der Waals surface area contributed by atoms with E-state index in [1.54, 1.807) is 24.3 Å². The topological polar surface area (TPSA) is 67.3 Å². The van der Waals surface area contributed by atoms with Gasteiger partial charge < -0.3 is 5.11 Å². The summed E-state index contributed by atoms with van der Waals surface area (Å²) in [7, 11) is 0. The fourth-order valence-electron chi connectivity index (χ4n) is 1.62. The lowest BCUT2D eigenvalue weighted by molar-refractivity contribution is -0.136. The van der Waals surface area contributed by atoms with E-state index in [-0.39, 0.29) is 12.1 Å². The Balaban J connectivity index is 2.72. The Morgan fingerprint density at radius 3 is 2.71 bits per heavy atom. The van der Waals surface area contributed by atoms with Crippen molar-refractivity contribution < 1.29 is 14.7 Å². The van der Waals surface area contributed by atoms with Crippen molar-refractivity contribution in [3.05, 3.63) is 40.5 Å². The molecule has 0 aliphatic rings. The molecule has 0 bridgehead atoms. The Hall–Kier alpha value is -1.94. The van der Waals surface area contributed by atoms with E-state index < -0.39 is 5.97 Å². The van der Waals surface area contributed by atoms with Crippen LogP contribution in [-0.4, -0.2) is 22.3 Å². The highest BCUT2D eigenvalue weighted by molar-refractivity contribution is 6.32. The number of carboxylic acid groups (broad SMARTS) is 1. The standard InChI is InChI=1S/C12H8ClNO3/c13-10-4-2-7-1-3-8(6-15)14-12(7)9(10)5-11(16)17/h1-4,6H,5H2,(H,16,17). The first-order valence-electron chi connectivity index (χ1n) is 4.87. The Morgan fingerprint density at radius 1 is 1.35 bits per heavy atom. The monoisotopic (exact) mass is 249 g/mol. The van der Waals surface area contributed by atoms with Crippen LogP contribution < -0.4 is 0 Å². The maximum absolute atomic E-state index is 10.8. The number of aldehydes is 1. The van der Waals surface area contributed by atoms with Gasteiger partial charge in [-0.2, -0.15) is 0 Å². The number of benzene rings is 1. The molecule has 4 nitrogen and oxygen atoms in total. The number of aliphatic carboxylic acids is 1. The van der Waals surface area contributed by atoms with Crippen LogP contribution in [0.4, 0.5) is 0 Å². The van der Waals surface area contributed by atoms with Gasteiger partial charge in [-0.25, -0.2) is 4.98 Å². The molecule has 5 heteroatoms. The molecule has 0 spiro atoms. The van der Waals surface area contributed by atoms with E-state index in [1.807, 2.05) is 0 Å². The van der Waals surface area contributed by atoms with E-state index in [1.165, 1.54) is 0 Å². The molecule has 0 saturated carbocycles. The third-order valence-corrected chi connectivity index (χ3v) is 2.73. The maximum atomic E-state index is 10.8. The first kappa shape index (κ1) is 11.5. The van der Waals surface area contributed by atoms with Gasteiger partial charge in [-0.15, -0.1) is 0 Å². The van der Waals surface area contributed by atoms with Crippen LogP contribution in [0.15, 0.2) is 24.3 Å². The number of rotatable bonds is 3. The fraction of sp³-hybridized carbons (Fsp3) is 0.0833. The number of carbonyl (C=O) groups excluding carboxylic acids is 1. The number of aromatic nitrogens is 1. The predicted octanol–water partition coefficient (Wildman–Crippen LogP) is 2.33. The number of fused-ring (bicyclic) bond motifs is 1. The minimum atomic E-state index is -0.988. The van der Waals surface area contributed by atoms with E-state index in [2.05, 4.69) is 4.98 Å². The Kier molecular flexibility index (Phi) is 3.06. The zero-order valence-electron chi connectivity index (χ0n) is 8.68. The summed E-state index contributed by atoms with van der Waals surface area (Å²) in [5, 5.41) is 9.92. The Morgan fingerprint density at radius 2 is 2.06 bits per heavy atom. The first-order valence-corrected chi connectivity index (χ1v) is 5.24. The van der Waals surface area contributed by atoms with Crippen molar-refractivity contribution >= 4 is 34.8 Å². The molecule has 0 aliphatic heterocycles. The second kappa shape index (κ2) is 4.51. The highest BCUT2D eigenvalue weighted by Gasteiger charge is 2.11. The SMILES string of the molecule is O=Cc1ccc2ccc(Cl)c(CC(=O)O)c2n1. The number of carbonyl (C=O) groups is 2. The molecular formula is C12H8ClNO3. The zero-order chi connectivity index (χ0) is 12.4. The lowest BCUT2D eigenvalue weighted by atomic mass is 10.1. The summed E-state index contributed by atoms with van der Waals surface area (Å²) in [5.41, 5.74) is 1.15. The molecule has 1 heterocycles. The molecule has 86 valence electrons. The van der Waals surface area contributed by atoms with Gasteiger partial charge in [-0.3, -0.25) is 9.59 Å². The second-order valence-corrected chi connectivity index (χ2v) is 3.93. The molecule has 2 rings (SSSR count). The highest BCUT2D eigenvalue weighted by Crippen LogP contribution is 2.25. The molecule has 0 radical (unpaired) electrons. The number of halogens is 1. The van der Waals surface area contributed by atoms with Crippen LogP contribution in [0.2, 0.25) is 5.02 Å². The van der Waals surface area contributed by atoms with Crippen LogP contribution in [0, 0.1) is 0 Å².